The molecule has 1 saturated carbocycles. The number of ether oxygens (including phenoxy) is 1. The fourth-order valence-corrected chi connectivity index (χ4v) is 12.7. The number of carboxylic acids is 1. The molecule has 14 nitrogen and oxygen atoms in total. The third-order valence-corrected chi connectivity index (χ3v) is 16.7. The van der Waals surface area contributed by atoms with Gasteiger partial charge in [-0.15, -0.1) is 0 Å². The SMILES string of the molecule is Cc1c(OC2CCC(CCCC3CCN(c4cccc5c(C6CCC(=O)NC6=O)nn(C)c45)CC3)CC2)cccc1-c1ccc(N2CCc3cccc(C(=O)Nc4nc5ccccc5s4)c3C2)nc1C(=O)O. The number of thiazole rings is 1. The first kappa shape index (κ1) is 47.2. The van der Waals surface area contributed by atoms with Gasteiger partial charge in [0.25, 0.3) is 5.91 Å². The molecule has 3 amide bonds. The van der Waals surface area contributed by atoms with Gasteiger partial charge in [0, 0.05) is 56.2 Å². The second-order valence-electron chi connectivity index (χ2n) is 20.2. The average molecular weight is 985 g/mol. The zero-order valence-electron chi connectivity index (χ0n) is 40.9. The summed E-state index contributed by atoms with van der Waals surface area (Å²) >= 11 is 1.44. The number of aromatic nitrogens is 4. The van der Waals surface area contributed by atoms with Crippen molar-refractivity contribution in [3.05, 3.63) is 125 Å². The molecular weight excluding hydrogens is 925 g/mol. The van der Waals surface area contributed by atoms with Crippen LogP contribution in [-0.2, 0) is 29.6 Å². The van der Waals surface area contributed by atoms with Crippen LogP contribution in [0.3, 0.4) is 0 Å². The maximum Gasteiger partial charge on any atom is 0.355 e. The van der Waals surface area contributed by atoms with Gasteiger partial charge in [0.15, 0.2) is 10.8 Å². The van der Waals surface area contributed by atoms with Crippen molar-refractivity contribution in [2.24, 2.45) is 18.9 Å². The number of aromatic carboxylic acids is 1. The minimum Gasteiger partial charge on any atom is -0.490 e. The Morgan fingerprint density at radius 3 is 2.38 bits per heavy atom. The van der Waals surface area contributed by atoms with Gasteiger partial charge in [0.1, 0.15) is 11.6 Å². The number of piperidine rings is 2. The van der Waals surface area contributed by atoms with E-state index < -0.39 is 11.9 Å². The summed E-state index contributed by atoms with van der Waals surface area (Å²) in [5, 5.41) is 22.4. The molecule has 3 fully saturated rings. The quantitative estimate of drug-likeness (QED) is 0.0939. The highest BCUT2D eigenvalue weighted by atomic mass is 32.1. The zero-order chi connectivity index (χ0) is 49.5. The van der Waals surface area contributed by atoms with E-state index in [1.165, 1.54) is 36.3 Å². The van der Waals surface area contributed by atoms with E-state index in [4.69, 9.17) is 14.8 Å². The van der Waals surface area contributed by atoms with Gasteiger partial charge < -0.3 is 19.6 Å². The Balaban J connectivity index is 0.672. The highest BCUT2D eigenvalue weighted by Gasteiger charge is 2.33. The lowest BCUT2D eigenvalue weighted by molar-refractivity contribution is -0.134. The summed E-state index contributed by atoms with van der Waals surface area (Å²) in [5.74, 6) is 0.531. The first-order valence-electron chi connectivity index (χ1n) is 25.6. The van der Waals surface area contributed by atoms with E-state index >= 15 is 0 Å². The minimum atomic E-state index is -1.10. The number of rotatable bonds is 13. The Morgan fingerprint density at radius 2 is 1.58 bits per heavy atom. The van der Waals surface area contributed by atoms with Gasteiger partial charge in [-0.3, -0.25) is 29.7 Å². The van der Waals surface area contributed by atoms with Gasteiger partial charge in [-0.25, -0.2) is 14.8 Å². The molecule has 1 aliphatic carbocycles. The smallest absolute Gasteiger partial charge is 0.355 e. The van der Waals surface area contributed by atoms with Crippen LogP contribution in [0.5, 0.6) is 5.75 Å². The summed E-state index contributed by atoms with van der Waals surface area (Å²) < 4.78 is 9.61. The van der Waals surface area contributed by atoms with Gasteiger partial charge in [0.2, 0.25) is 11.8 Å². The number of imide groups is 1. The number of nitrogens with zero attached hydrogens (tertiary/aromatic N) is 6. The monoisotopic (exact) mass is 984 g/mol. The van der Waals surface area contributed by atoms with Crippen LogP contribution in [0.4, 0.5) is 16.6 Å². The maximum atomic E-state index is 13.7. The van der Waals surface area contributed by atoms with Crippen LogP contribution >= 0.6 is 11.3 Å². The van der Waals surface area contributed by atoms with E-state index in [-0.39, 0.29) is 29.5 Å². The fourth-order valence-electron chi connectivity index (χ4n) is 11.8. The number of carboxylic acid groups (broad SMARTS) is 1. The predicted molar refractivity (Wildman–Crippen MR) is 281 cm³/mol. The van der Waals surface area contributed by atoms with Gasteiger partial charge in [-0.2, -0.15) is 5.10 Å². The number of carbonyl (C=O) groups is 4. The van der Waals surface area contributed by atoms with E-state index in [9.17, 15) is 24.3 Å². The molecule has 7 aromatic rings. The van der Waals surface area contributed by atoms with Crippen LogP contribution in [-0.4, -0.2) is 74.3 Å². The number of anilines is 3. The van der Waals surface area contributed by atoms with Crippen LogP contribution in [0.2, 0.25) is 0 Å². The molecule has 3 N–H and O–H groups in total. The van der Waals surface area contributed by atoms with Crippen molar-refractivity contribution < 1.29 is 29.0 Å². The van der Waals surface area contributed by atoms with E-state index in [1.54, 1.807) is 0 Å². The van der Waals surface area contributed by atoms with Crippen LogP contribution in [0.1, 0.15) is 120 Å². The van der Waals surface area contributed by atoms with Crippen LogP contribution in [0, 0.1) is 18.8 Å². The summed E-state index contributed by atoms with van der Waals surface area (Å²) in [5.41, 5.74) is 8.58. The second kappa shape index (κ2) is 20.2. The van der Waals surface area contributed by atoms with Gasteiger partial charge in [-0.05, 0) is 135 Å². The molecule has 1 atom stereocenters. The van der Waals surface area contributed by atoms with Crippen molar-refractivity contribution in [3.8, 4) is 16.9 Å². The fraction of sp³-hybridized carbons (Fsp3) is 0.386. The third-order valence-electron chi connectivity index (χ3n) is 15.7. The lowest BCUT2D eigenvalue weighted by Gasteiger charge is -2.34. The van der Waals surface area contributed by atoms with Crippen molar-refractivity contribution in [3.63, 3.8) is 0 Å². The number of benzene rings is 4. The van der Waals surface area contributed by atoms with E-state index in [0.29, 0.717) is 66.3 Å². The molecule has 0 bridgehead atoms. The summed E-state index contributed by atoms with van der Waals surface area (Å²) in [4.78, 5) is 65.0. The van der Waals surface area contributed by atoms with Crippen LogP contribution in [0.15, 0.2) is 91.0 Å². The topological polar surface area (TPSA) is 172 Å². The number of carbonyl (C=O) groups excluding carboxylic acids is 3. The van der Waals surface area contributed by atoms with Gasteiger partial charge in [0.05, 0.1) is 39.1 Å². The first-order chi connectivity index (χ1) is 35.0. The maximum absolute atomic E-state index is 13.7. The number of para-hydroxylation sites is 2. The molecule has 1 unspecified atom stereocenters. The van der Waals surface area contributed by atoms with Crippen molar-refractivity contribution >= 4 is 72.8 Å². The Bertz CT molecular complexity index is 3190. The summed E-state index contributed by atoms with van der Waals surface area (Å²) in [6.07, 6.45) is 11.9. The number of aryl methyl sites for hydroxylation is 1. The number of fused-ring (bicyclic) bond motifs is 3. The standard InChI is InChI=1S/C57H60N8O6S/c1-34-39(40-23-25-49(59-52(40)56(69)70)65-32-29-37-11-6-13-41(44(37)33-65)54(67)61-57-58-45-15-3-4-18-48(45)72-57)12-8-17-47(34)71-38-21-19-35(20-22-38)9-5-10-36-27-30-64(31-28-36)46-16-7-14-42-51(62-63(2)53(42)46)43-24-26-50(66)60-55(43)68/h3-4,6-8,11-18,23,25,35-36,38,43H,5,9-10,19-22,24,26-33H2,1-2H3,(H,69,70)(H,58,61,67)(H,60,66,68). The van der Waals surface area contributed by atoms with E-state index in [2.05, 4.69) is 49.7 Å². The number of hydrogen-bond acceptors (Lipinski definition) is 11. The number of nitrogens with one attached hydrogen (secondary N) is 2. The molecule has 72 heavy (non-hydrogen) atoms. The molecule has 15 heteroatoms. The van der Waals surface area contributed by atoms with Crippen molar-refractivity contribution in [2.45, 2.75) is 103 Å². The Hall–Kier alpha value is -7.13. The number of hydrogen-bond donors (Lipinski definition) is 3. The summed E-state index contributed by atoms with van der Waals surface area (Å²) in [7, 11) is 1.95. The van der Waals surface area contributed by atoms with Crippen LogP contribution < -0.4 is 25.2 Å². The van der Waals surface area contributed by atoms with Crippen molar-refractivity contribution in [1.29, 1.82) is 0 Å². The van der Waals surface area contributed by atoms with Crippen LogP contribution in [0.25, 0.3) is 32.2 Å². The normalized spacial score (nSPS) is 19.6. The first-order valence-corrected chi connectivity index (χ1v) is 26.4. The zero-order valence-corrected chi connectivity index (χ0v) is 41.7. The lowest BCUT2D eigenvalue weighted by Crippen LogP contribution is -2.39. The molecule has 0 radical (unpaired) electrons. The lowest BCUT2D eigenvalue weighted by atomic mass is 9.82. The average Bonchev–Trinajstić information content (AvgIpc) is 3.96. The molecule has 4 aromatic carbocycles. The molecule has 3 aromatic heterocycles. The van der Waals surface area contributed by atoms with E-state index in [1.807, 2.05) is 85.4 Å². The molecule has 370 valence electrons. The highest BCUT2D eigenvalue weighted by molar-refractivity contribution is 7.22. The molecular formula is C57H60N8O6S. The summed E-state index contributed by atoms with van der Waals surface area (Å²) in [6.45, 7) is 5.05. The Kier molecular flexibility index (Phi) is 13.2. The summed E-state index contributed by atoms with van der Waals surface area (Å²) in [6, 6.07) is 29.5. The minimum absolute atomic E-state index is 0.0177. The van der Waals surface area contributed by atoms with Gasteiger partial charge >= 0.3 is 5.97 Å². The predicted octanol–water partition coefficient (Wildman–Crippen LogP) is 10.6. The van der Waals surface area contributed by atoms with Crippen molar-refractivity contribution in [2.75, 3.05) is 34.8 Å². The molecule has 6 heterocycles. The second-order valence-corrected chi connectivity index (χ2v) is 21.2. The van der Waals surface area contributed by atoms with E-state index in [0.717, 1.165) is 106 Å². The third kappa shape index (κ3) is 9.53. The molecule has 4 aliphatic rings. The Morgan fingerprint density at radius 1 is 0.806 bits per heavy atom. The highest BCUT2D eigenvalue weighted by Crippen LogP contribution is 2.40. The number of pyridine rings is 1. The molecule has 0 spiro atoms. The number of amides is 3. The molecule has 11 rings (SSSR count). The largest absolute Gasteiger partial charge is 0.490 e. The Labute approximate surface area is 422 Å². The van der Waals surface area contributed by atoms with Crippen molar-refractivity contribution in [1.82, 2.24) is 25.1 Å². The molecule has 3 aliphatic heterocycles. The molecule has 2 saturated heterocycles. The van der Waals surface area contributed by atoms with Gasteiger partial charge in [-0.1, -0.05) is 79.1 Å².